The number of ether oxygens (including phenoxy) is 1. The predicted octanol–water partition coefficient (Wildman–Crippen LogP) is 1.43. The van der Waals surface area contributed by atoms with Crippen molar-refractivity contribution >= 4 is 5.91 Å². The van der Waals surface area contributed by atoms with Crippen LogP contribution < -0.4 is 15.4 Å². The first-order valence-electron chi connectivity index (χ1n) is 8.69. The van der Waals surface area contributed by atoms with E-state index in [-0.39, 0.29) is 5.91 Å². The molecule has 1 heterocycles. The molecule has 0 saturated carbocycles. The fourth-order valence-electron chi connectivity index (χ4n) is 2.61. The number of benzene rings is 1. The second-order valence-corrected chi connectivity index (χ2v) is 5.93. The number of carbonyl (C=O) groups excluding carboxylic acids is 1. The fraction of sp³-hybridized carbons (Fsp3) is 0.611. The minimum Gasteiger partial charge on any atom is -0.494 e. The van der Waals surface area contributed by atoms with E-state index in [1.807, 2.05) is 24.3 Å². The van der Waals surface area contributed by atoms with Crippen molar-refractivity contribution in [3.8, 4) is 5.75 Å². The lowest BCUT2D eigenvalue weighted by Crippen LogP contribution is -2.46. The second-order valence-electron chi connectivity index (χ2n) is 5.93. The van der Waals surface area contributed by atoms with Crippen LogP contribution in [-0.2, 0) is 11.2 Å². The van der Waals surface area contributed by atoms with Gasteiger partial charge in [0, 0.05) is 45.7 Å². The highest BCUT2D eigenvalue weighted by molar-refractivity contribution is 5.76. The van der Waals surface area contributed by atoms with Crippen molar-refractivity contribution in [2.24, 2.45) is 0 Å². The lowest BCUT2D eigenvalue weighted by atomic mass is 10.1. The van der Waals surface area contributed by atoms with E-state index in [4.69, 9.17) is 4.74 Å². The van der Waals surface area contributed by atoms with Gasteiger partial charge in [-0.25, -0.2) is 0 Å². The summed E-state index contributed by atoms with van der Waals surface area (Å²) >= 11 is 0. The monoisotopic (exact) mass is 319 g/mol. The molecule has 1 aliphatic rings. The molecule has 2 N–H and O–H groups in total. The Kier molecular flexibility index (Phi) is 7.90. The molecular weight excluding hydrogens is 290 g/mol. The standard InChI is InChI=1S/C18H29N3O2/c1-2-15-23-17-6-3-16(4-7-17)5-8-18(22)20-11-14-21-12-9-19-10-13-21/h3-4,6-7,19H,2,5,8-15H2,1H3,(H,20,22). The third-order valence-electron chi connectivity index (χ3n) is 4.00. The minimum atomic E-state index is 0.131. The van der Waals surface area contributed by atoms with Gasteiger partial charge >= 0.3 is 0 Å². The van der Waals surface area contributed by atoms with Crippen LogP contribution in [0.3, 0.4) is 0 Å². The molecule has 128 valence electrons. The first-order valence-corrected chi connectivity index (χ1v) is 8.69. The Balaban J connectivity index is 1.59. The third kappa shape index (κ3) is 7.01. The van der Waals surface area contributed by atoms with Gasteiger partial charge in [0.15, 0.2) is 0 Å². The van der Waals surface area contributed by atoms with Crippen molar-refractivity contribution in [1.29, 1.82) is 0 Å². The normalized spacial score (nSPS) is 15.3. The van der Waals surface area contributed by atoms with E-state index in [1.54, 1.807) is 0 Å². The predicted molar refractivity (Wildman–Crippen MR) is 92.9 cm³/mol. The Hall–Kier alpha value is -1.59. The molecule has 0 unspecified atom stereocenters. The zero-order chi connectivity index (χ0) is 16.3. The van der Waals surface area contributed by atoms with E-state index in [1.165, 1.54) is 5.56 Å². The first kappa shape index (κ1) is 17.8. The highest BCUT2D eigenvalue weighted by Crippen LogP contribution is 2.13. The van der Waals surface area contributed by atoms with Crippen LogP contribution in [0.2, 0.25) is 0 Å². The number of aryl methyl sites for hydroxylation is 1. The molecule has 5 heteroatoms. The summed E-state index contributed by atoms with van der Waals surface area (Å²) in [5.74, 6) is 1.03. The zero-order valence-electron chi connectivity index (χ0n) is 14.1. The minimum absolute atomic E-state index is 0.131. The molecule has 1 amide bonds. The van der Waals surface area contributed by atoms with Gasteiger partial charge in [-0.1, -0.05) is 19.1 Å². The molecule has 0 spiro atoms. The van der Waals surface area contributed by atoms with Gasteiger partial charge < -0.3 is 15.4 Å². The van der Waals surface area contributed by atoms with Crippen LogP contribution >= 0.6 is 0 Å². The van der Waals surface area contributed by atoms with Crippen LogP contribution in [-0.4, -0.2) is 56.7 Å². The average molecular weight is 319 g/mol. The number of nitrogens with one attached hydrogen (secondary N) is 2. The Bertz CT molecular complexity index is 456. The van der Waals surface area contributed by atoms with Crippen molar-refractivity contribution in [1.82, 2.24) is 15.5 Å². The van der Waals surface area contributed by atoms with E-state index < -0.39 is 0 Å². The van der Waals surface area contributed by atoms with Gasteiger partial charge in [0.1, 0.15) is 5.75 Å². The van der Waals surface area contributed by atoms with Gasteiger partial charge in [0.25, 0.3) is 0 Å². The van der Waals surface area contributed by atoms with Gasteiger partial charge in [-0.05, 0) is 30.5 Å². The van der Waals surface area contributed by atoms with Crippen molar-refractivity contribution in [3.63, 3.8) is 0 Å². The maximum atomic E-state index is 11.9. The molecule has 1 saturated heterocycles. The molecule has 0 aliphatic carbocycles. The largest absolute Gasteiger partial charge is 0.494 e. The van der Waals surface area contributed by atoms with Crippen LogP contribution in [0.25, 0.3) is 0 Å². The average Bonchev–Trinajstić information content (AvgIpc) is 2.60. The second kappa shape index (κ2) is 10.2. The molecule has 1 aromatic rings. The maximum absolute atomic E-state index is 11.9. The Morgan fingerprint density at radius 1 is 1.26 bits per heavy atom. The van der Waals surface area contributed by atoms with Crippen molar-refractivity contribution in [2.45, 2.75) is 26.2 Å². The lowest BCUT2D eigenvalue weighted by molar-refractivity contribution is -0.121. The number of amides is 1. The molecule has 2 rings (SSSR count). The van der Waals surface area contributed by atoms with Crippen LogP contribution in [0.4, 0.5) is 0 Å². The Morgan fingerprint density at radius 3 is 2.70 bits per heavy atom. The van der Waals surface area contributed by atoms with Crippen molar-refractivity contribution < 1.29 is 9.53 Å². The number of carbonyl (C=O) groups is 1. The summed E-state index contributed by atoms with van der Waals surface area (Å²) in [6.45, 7) is 8.76. The lowest BCUT2D eigenvalue weighted by Gasteiger charge is -2.27. The first-order chi connectivity index (χ1) is 11.3. The highest BCUT2D eigenvalue weighted by atomic mass is 16.5. The summed E-state index contributed by atoms with van der Waals surface area (Å²) in [7, 11) is 0. The molecule has 0 bridgehead atoms. The number of nitrogens with zero attached hydrogens (tertiary/aromatic N) is 1. The highest BCUT2D eigenvalue weighted by Gasteiger charge is 2.09. The van der Waals surface area contributed by atoms with Gasteiger partial charge in [-0.3, -0.25) is 9.69 Å². The quantitative estimate of drug-likeness (QED) is 0.723. The molecule has 1 aromatic carbocycles. The van der Waals surface area contributed by atoms with E-state index in [0.29, 0.717) is 6.42 Å². The topological polar surface area (TPSA) is 53.6 Å². The van der Waals surface area contributed by atoms with Crippen LogP contribution in [0.15, 0.2) is 24.3 Å². The van der Waals surface area contributed by atoms with Crippen LogP contribution in [0, 0.1) is 0 Å². The summed E-state index contributed by atoms with van der Waals surface area (Å²) in [5, 5.41) is 6.34. The van der Waals surface area contributed by atoms with Gasteiger partial charge in [-0.2, -0.15) is 0 Å². The maximum Gasteiger partial charge on any atom is 0.220 e. The summed E-state index contributed by atoms with van der Waals surface area (Å²) in [5.41, 5.74) is 1.17. The summed E-state index contributed by atoms with van der Waals surface area (Å²) < 4.78 is 5.56. The smallest absolute Gasteiger partial charge is 0.220 e. The van der Waals surface area contributed by atoms with E-state index in [9.17, 15) is 4.79 Å². The third-order valence-corrected chi connectivity index (χ3v) is 4.00. The number of hydrogen-bond donors (Lipinski definition) is 2. The summed E-state index contributed by atoms with van der Waals surface area (Å²) in [6, 6.07) is 8.04. The number of piperazine rings is 1. The van der Waals surface area contributed by atoms with E-state index >= 15 is 0 Å². The number of rotatable bonds is 9. The molecular formula is C18H29N3O2. The molecule has 0 radical (unpaired) electrons. The van der Waals surface area contributed by atoms with Gasteiger partial charge in [-0.15, -0.1) is 0 Å². The Morgan fingerprint density at radius 2 is 2.00 bits per heavy atom. The summed E-state index contributed by atoms with van der Waals surface area (Å²) in [4.78, 5) is 14.3. The van der Waals surface area contributed by atoms with Crippen LogP contribution in [0.1, 0.15) is 25.3 Å². The van der Waals surface area contributed by atoms with E-state index in [0.717, 1.165) is 64.5 Å². The molecule has 5 nitrogen and oxygen atoms in total. The van der Waals surface area contributed by atoms with Crippen molar-refractivity contribution in [2.75, 3.05) is 45.9 Å². The Labute approximate surface area is 139 Å². The van der Waals surface area contributed by atoms with Crippen LogP contribution in [0.5, 0.6) is 5.75 Å². The molecule has 1 fully saturated rings. The molecule has 0 atom stereocenters. The molecule has 1 aliphatic heterocycles. The molecule has 0 aromatic heterocycles. The molecule has 23 heavy (non-hydrogen) atoms. The van der Waals surface area contributed by atoms with Gasteiger partial charge in [0.2, 0.25) is 5.91 Å². The van der Waals surface area contributed by atoms with Gasteiger partial charge in [0.05, 0.1) is 6.61 Å². The zero-order valence-corrected chi connectivity index (χ0v) is 14.1. The van der Waals surface area contributed by atoms with E-state index in [2.05, 4.69) is 22.5 Å². The fourth-order valence-corrected chi connectivity index (χ4v) is 2.61. The summed E-state index contributed by atoms with van der Waals surface area (Å²) in [6.07, 6.45) is 2.32. The number of hydrogen-bond acceptors (Lipinski definition) is 4. The van der Waals surface area contributed by atoms with Crippen molar-refractivity contribution in [3.05, 3.63) is 29.8 Å². The SMILES string of the molecule is CCCOc1ccc(CCC(=O)NCCN2CCNCC2)cc1.